The molecule has 24 heavy (non-hydrogen) atoms. The molecule has 1 N–H and O–H groups in total. The first kappa shape index (κ1) is 19.2. The van der Waals surface area contributed by atoms with E-state index in [1.54, 1.807) is 23.3 Å². The molecule has 0 saturated carbocycles. The first-order chi connectivity index (χ1) is 11.3. The van der Waals surface area contributed by atoms with E-state index >= 15 is 0 Å². The van der Waals surface area contributed by atoms with Crippen LogP contribution in [0.4, 0.5) is 0 Å². The van der Waals surface area contributed by atoms with Crippen LogP contribution in [0.15, 0.2) is 34.5 Å². The molecule has 1 aromatic heterocycles. The van der Waals surface area contributed by atoms with Crippen LogP contribution in [0.2, 0.25) is 0 Å². The van der Waals surface area contributed by atoms with E-state index in [9.17, 15) is 4.79 Å². The summed E-state index contributed by atoms with van der Waals surface area (Å²) in [5, 5.41) is 3.10. The maximum atomic E-state index is 10.6. The van der Waals surface area contributed by atoms with Crippen LogP contribution >= 0.6 is 23.3 Å². The SMILES string of the molecule is CC(C)(C)N1Cc2cc(C=O)sc2S1.CNCc1ccc(C)cc1. The number of carbonyl (C=O) groups is 1. The van der Waals surface area contributed by atoms with Crippen molar-refractivity contribution in [2.75, 3.05) is 7.05 Å². The highest BCUT2D eigenvalue weighted by atomic mass is 32.2. The van der Waals surface area contributed by atoms with Crippen molar-refractivity contribution in [1.29, 1.82) is 0 Å². The van der Waals surface area contributed by atoms with E-state index in [-0.39, 0.29) is 5.54 Å². The van der Waals surface area contributed by atoms with Gasteiger partial charge in [0.2, 0.25) is 0 Å². The summed E-state index contributed by atoms with van der Waals surface area (Å²) in [6, 6.07) is 10.6. The monoisotopic (exact) mass is 362 g/mol. The molecule has 0 bridgehead atoms. The summed E-state index contributed by atoms with van der Waals surface area (Å²) in [5.74, 6) is 0. The Morgan fingerprint density at radius 2 is 1.92 bits per heavy atom. The number of rotatable bonds is 3. The van der Waals surface area contributed by atoms with Gasteiger partial charge in [0.1, 0.15) is 0 Å². The Kier molecular flexibility index (Phi) is 6.63. The predicted octanol–water partition coefficient (Wildman–Crippen LogP) is 4.90. The highest BCUT2D eigenvalue weighted by molar-refractivity contribution is 7.99. The van der Waals surface area contributed by atoms with Gasteiger partial charge in [0.25, 0.3) is 0 Å². The van der Waals surface area contributed by atoms with Crippen LogP contribution in [-0.4, -0.2) is 23.2 Å². The van der Waals surface area contributed by atoms with Crippen molar-refractivity contribution in [3.8, 4) is 0 Å². The van der Waals surface area contributed by atoms with Crippen molar-refractivity contribution in [1.82, 2.24) is 9.62 Å². The fourth-order valence-electron chi connectivity index (χ4n) is 2.25. The van der Waals surface area contributed by atoms with Gasteiger partial charge >= 0.3 is 0 Å². The van der Waals surface area contributed by atoms with Gasteiger partial charge in [-0.3, -0.25) is 4.79 Å². The lowest BCUT2D eigenvalue weighted by Crippen LogP contribution is -2.32. The van der Waals surface area contributed by atoms with Gasteiger partial charge in [0.05, 0.1) is 9.09 Å². The molecule has 2 aromatic rings. The molecule has 0 saturated heterocycles. The lowest BCUT2D eigenvalue weighted by atomic mass is 10.1. The Labute approximate surface area is 153 Å². The molecule has 0 spiro atoms. The number of thiophene rings is 1. The van der Waals surface area contributed by atoms with E-state index in [0.29, 0.717) is 0 Å². The van der Waals surface area contributed by atoms with Crippen molar-refractivity contribution >= 4 is 29.6 Å². The predicted molar refractivity (Wildman–Crippen MR) is 105 cm³/mol. The Balaban J connectivity index is 0.000000185. The summed E-state index contributed by atoms with van der Waals surface area (Å²) in [6.45, 7) is 10.6. The second-order valence-electron chi connectivity index (χ2n) is 6.89. The molecule has 0 fully saturated rings. The van der Waals surface area contributed by atoms with Crippen LogP contribution in [0.3, 0.4) is 0 Å². The molecule has 0 atom stereocenters. The molecule has 5 heteroatoms. The van der Waals surface area contributed by atoms with Crippen molar-refractivity contribution in [3.63, 3.8) is 0 Å². The molecule has 1 aromatic carbocycles. The topological polar surface area (TPSA) is 32.3 Å². The summed E-state index contributed by atoms with van der Waals surface area (Å²) in [7, 11) is 1.96. The standard InChI is InChI=1S/C10H13NOS2.C9H13N/c1-10(2,3)11-5-7-4-8(6-12)13-9(7)14-11;1-8-3-5-9(6-4-8)7-10-2/h4,6H,5H2,1-3H3;3-6,10H,7H2,1-2H3. The third-order valence-corrected chi connectivity index (χ3v) is 6.36. The van der Waals surface area contributed by atoms with E-state index in [2.05, 4.69) is 61.6 Å². The van der Waals surface area contributed by atoms with Crippen molar-refractivity contribution in [3.05, 3.63) is 51.9 Å². The van der Waals surface area contributed by atoms with Crippen molar-refractivity contribution < 1.29 is 4.79 Å². The van der Waals surface area contributed by atoms with Gasteiger partial charge in [0, 0.05) is 18.6 Å². The van der Waals surface area contributed by atoms with Crippen LogP contribution in [0.25, 0.3) is 0 Å². The van der Waals surface area contributed by atoms with Gasteiger partial charge in [-0.15, -0.1) is 11.3 Å². The van der Waals surface area contributed by atoms with E-state index in [1.165, 1.54) is 20.9 Å². The van der Waals surface area contributed by atoms with E-state index in [0.717, 1.165) is 24.3 Å². The normalized spacial score (nSPS) is 14.0. The summed E-state index contributed by atoms with van der Waals surface area (Å²) in [5.41, 5.74) is 4.15. The van der Waals surface area contributed by atoms with Gasteiger partial charge < -0.3 is 5.32 Å². The molecule has 0 radical (unpaired) electrons. The lowest BCUT2D eigenvalue weighted by molar-refractivity contribution is 0.112. The minimum absolute atomic E-state index is 0.185. The molecule has 0 aliphatic carbocycles. The number of nitrogens with zero attached hydrogens (tertiary/aromatic N) is 1. The smallest absolute Gasteiger partial charge is 0.160 e. The molecule has 0 amide bonds. The average molecular weight is 363 g/mol. The number of aldehydes is 1. The third-order valence-electron chi connectivity index (χ3n) is 3.66. The van der Waals surface area contributed by atoms with E-state index in [1.807, 2.05) is 13.1 Å². The first-order valence-corrected chi connectivity index (χ1v) is 9.66. The molecule has 3 rings (SSSR count). The van der Waals surface area contributed by atoms with Gasteiger partial charge in [-0.05, 0) is 63.9 Å². The Morgan fingerprint density at radius 1 is 1.25 bits per heavy atom. The van der Waals surface area contributed by atoms with Crippen LogP contribution < -0.4 is 5.32 Å². The number of aryl methyl sites for hydroxylation is 1. The largest absolute Gasteiger partial charge is 0.316 e. The first-order valence-electron chi connectivity index (χ1n) is 8.07. The Morgan fingerprint density at radius 3 is 2.42 bits per heavy atom. The quantitative estimate of drug-likeness (QED) is 0.622. The van der Waals surface area contributed by atoms with Crippen molar-refractivity contribution in [2.24, 2.45) is 0 Å². The fraction of sp³-hybridized carbons (Fsp3) is 0.421. The third kappa shape index (κ3) is 5.18. The highest BCUT2D eigenvalue weighted by Gasteiger charge is 2.30. The summed E-state index contributed by atoms with van der Waals surface area (Å²) in [4.78, 5) is 11.4. The van der Waals surface area contributed by atoms with Crippen molar-refractivity contribution in [2.45, 2.75) is 50.5 Å². The minimum Gasteiger partial charge on any atom is -0.316 e. The second-order valence-corrected chi connectivity index (χ2v) is 9.27. The lowest BCUT2D eigenvalue weighted by Gasteiger charge is -2.29. The maximum absolute atomic E-state index is 10.6. The minimum atomic E-state index is 0.185. The Hall–Kier alpha value is -1.14. The molecule has 2 heterocycles. The van der Waals surface area contributed by atoms with E-state index < -0.39 is 0 Å². The number of hydrogen-bond donors (Lipinski definition) is 1. The van der Waals surface area contributed by atoms with Crippen LogP contribution in [0, 0.1) is 6.92 Å². The maximum Gasteiger partial charge on any atom is 0.160 e. The second kappa shape index (κ2) is 8.30. The van der Waals surface area contributed by atoms with Gasteiger partial charge in [-0.1, -0.05) is 29.8 Å². The zero-order valence-corrected chi connectivity index (χ0v) is 16.7. The highest BCUT2D eigenvalue weighted by Crippen LogP contribution is 2.44. The summed E-state index contributed by atoms with van der Waals surface area (Å²) < 4.78 is 3.63. The number of hydrogen-bond acceptors (Lipinski definition) is 5. The van der Waals surface area contributed by atoms with Gasteiger partial charge in [0.15, 0.2) is 6.29 Å². The van der Waals surface area contributed by atoms with Crippen LogP contribution in [0.1, 0.15) is 47.1 Å². The average Bonchev–Trinajstić information content (AvgIpc) is 3.08. The molecule has 3 nitrogen and oxygen atoms in total. The van der Waals surface area contributed by atoms with Crippen LogP contribution in [0.5, 0.6) is 0 Å². The molecule has 130 valence electrons. The number of benzene rings is 1. The fourth-order valence-corrected chi connectivity index (χ4v) is 4.59. The molecule has 0 unspecified atom stereocenters. The summed E-state index contributed by atoms with van der Waals surface area (Å²) >= 11 is 3.37. The number of carbonyl (C=O) groups excluding carboxylic acids is 1. The Bertz CT molecular complexity index is 648. The number of nitrogens with one attached hydrogen (secondary N) is 1. The van der Waals surface area contributed by atoms with Gasteiger partial charge in [-0.25, -0.2) is 4.31 Å². The number of fused-ring (bicyclic) bond motifs is 1. The molecule has 1 aliphatic heterocycles. The zero-order valence-electron chi connectivity index (χ0n) is 15.1. The van der Waals surface area contributed by atoms with Gasteiger partial charge in [-0.2, -0.15) is 0 Å². The van der Waals surface area contributed by atoms with E-state index in [4.69, 9.17) is 0 Å². The molecular formula is C19H26N2OS2. The van der Waals surface area contributed by atoms with Crippen LogP contribution in [-0.2, 0) is 13.1 Å². The molecule has 1 aliphatic rings. The zero-order chi connectivity index (χ0) is 17.7. The summed E-state index contributed by atoms with van der Waals surface area (Å²) in [6.07, 6.45) is 0.935. The molecular weight excluding hydrogens is 336 g/mol.